The largest absolute Gasteiger partial charge is 0.481 e. The number of imidazole rings is 1. The minimum Gasteiger partial charge on any atom is -0.481 e. The SMILES string of the molecule is CC1CN(C(=O)NCCc2ncc[nH]2)CC1C(=O)O. The van der Waals surface area contributed by atoms with Crippen LogP contribution in [0.15, 0.2) is 12.4 Å². The van der Waals surface area contributed by atoms with Gasteiger partial charge in [0.2, 0.25) is 0 Å². The Labute approximate surface area is 111 Å². The van der Waals surface area contributed by atoms with Gasteiger partial charge in [-0.05, 0) is 5.92 Å². The minimum absolute atomic E-state index is 0.00618. The van der Waals surface area contributed by atoms with Crippen molar-refractivity contribution in [2.75, 3.05) is 19.6 Å². The number of aromatic nitrogens is 2. The van der Waals surface area contributed by atoms with E-state index in [0.717, 1.165) is 5.82 Å². The van der Waals surface area contributed by atoms with Crippen LogP contribution in [0.2, 0.25) is 0 Å². The number of nitrogens with one attached hydrogen (secondary N) is 2. The van der Waals surface area contributed by atoms with Crippen molar-refractivity contribution in [1.82, 2.24) is 20.2 Å². The summed E-state index contributed by atoms with van der Waals surface area (Å²) in [4.78, 5) is 31.4. The summed E-state index contributed by atoms with van der Waals surface area (Å²) >= 11 is 0. The fourth-order valence-corrected chi connectivity index (χ4v) is 2.29. The maximum Gasteiger partial charge on any atom is 0.317 e. The predicted molar refractivity (Wildman–Crippen MR) is 67.6 cm³/mol. The van der Waals surface area contributed by atoms with Gasteiger partial charge in [0.15, 0.2) is 0 Å². The van der Waals surface area contributed by atoms with Gasteiger partial charge in [-0.25, -0.2) is 9.78 Å². The highest BCUT2D eigenvalue weighted by molar-refractivity contribution is 5.77. The molecule has 2 heterocycles. The standard InChI is InChI=1S/C12H18N4O3/c1-8-6-16(7-9(8)11(17)18)12(19)15-3-2-10-13-4-5-14-10/h4-5,8-9H,2-3,6-7H2,1H3,(H,13,14)(H,15,19)(H,17,18). The second-order valence-electron chi connectivity index (χ2n) is 4.84. The van der Waals surface area contributed by atoms with Crippen LogP contribution in [0.5, 0.6) is 0 Å². The van der Waals surface area contributed by atoms with Gasteiger partial charge in [0.05, 0.1) is 5.92 Å². The molecule has 1 aromatic rings. The first kappa shape index (κ1) is 13.4. The lowest BCUT2D eigenvalue weighted by Crippen LogP contribution is -2.39. The van der Waals surface area contributed by atoms with Crippen LogP contribution in [-0.2, 0) is 11.2 Å². The third-order valence-electron chi connectivity index (χ3n) is 3.41. The predicted octanol–water partition coefficient (Wildman–Crippen LogP) is 0.314. The number of H-pyrrole nitrogens is 1. The molecule has 0 radical (unpaired) electrons. The van der Waals surface area contributed by atoms with Crippen molar-refractivity contribution < 1.29 is 14.7 Å². The summed E-state index contributed by atoms with van der Waals surface area (Å²) in [6.07, 6.45) is 4.03. The molecular weight excluding hydrogens is 248 g/mol. The molecule has 7 heteroatoms. The fourth-order valence-electron chi connectivity index (χ4n) is 2.29. The van der Waals surface area contributed by atoms with E-state index in [1.165, 1.54) is 0 Å². The van der Waals surface area contributed by atoms with E-state index >= 15 is 0 Å². The number of aromatic amines is 1. The zero-order valence-electron chi connectivity index (χ0n) is 10.8. The molecule has 19 heavy (non-hydrogen) atoms. The quantitative estimate of drug-likeness (QED) is 0.730. The first-order chi connectivity index (χ1) is 9.08. The number of rotatable bonds is 4. The molecule has 1 saturated heterocycles. The zero-order valence-corrected chi connectivity index (χ0v) is 10.8. The molecule has 2 atom stereocenters. The Morgan fingerprint density at radius 2 is 2.37 bits per heavy atom. The number of carbonyl (C=O) groups is 2. The second-order valence-corrected chi connectivity index (χ2v) is 4.84. The summed E-state index contributed by atoms with van der Waals surface area (Å²) in [7, 11) is 0. The van der Waals surface area contributed by atoms with Crippen molar-refractivity contribution in [3.63, 3.8) is 0 Å². The molecular formula is C12H18N4O3. The molecule has 2 unspecified atom stereocenters. The average molecular weight is 266 g/mol. The molecule has 1 fully saturated rings. The van der Waals surface area contributed by atoms with E-state index in [-0.39, 0.29) is 18.5 Å². The highest BCUT2D eigenvalue weighted by Gasteiger charge is 2.36. The lowest BCUT2D eigenvalue weighted by molar-refractivity contribution is -0.142. The van der Waals surface area contributed by atoms with Gasteiger partial charge in [0, 0.05) is 38.4 Å². The molecule has 2 rings (SSSR count). The fraction of sp³-hybridized carbons (Fsp3) is 0.583. The summed E-state index contributed by atoms with van der Waals surface area (Å²) in [5.41, 5.74) is 0. The van der Waals surface area contributed by atoms with Crippen molar-refractivity contribution in [2.45, 2.75) is 13.3 Å². The van der Waals surface area contributed by atoms with Crippen LogP contribution in [0.4, 0.5) is 4.79 Å². The molecule has 104 valence electrons. The maximum absolute atomic E-state index is 11.9. The van der Waals surface area contributed by atoms with Gasteiger partial charge in [-0.1, -0.05) is 6.92 Å². The number of urea groups is 1. The van der Waals surface area contributed by atoms with Crippen LogP contribution in [0.1, 0.15) is 12.7 Å². The number of carboxylic acid groups (broad SMARTS) is 1. The normalized spacial score (nSPS) is 22.5. The Bertz CT molecular complexity index is 446. The smallest absolute Gasteiger partial charge is 0.317 e. The summed E-state index contributed by atoms with van der Waals surface area (Å²) in [6.45, 7) is 3.11. The van der Waals surface area contributed by atoms with E-state index in [9.17, 15) is 9.59 Å². The van der Waals surface area contributed by atoms with Gasteiger partial charge in [0.25, 0.3) is 0 Å². The summed E-state index contributed by atoms with van der Waals surface area (Å²) in [5.74, 6) is -0.485. The monoisotopic (exact) mass is 266 g/mol. The second kappa shape index (κ2) is 5.73. The zero-order chi connectivity index (χ0) is 13.8. The van der Waals surface area contributed by atoms with Gasteiger partial charge >= 0.3 is 12.0 Å². The maximum atomic E-state index is 11.9. The van der Waals surface area contributed by atoms with Gasteiger partial charge in [0.1, 0.15) is 5.82 Å². The van der Waals surface area contributed by atoms with Gasteiger partial charge in [-0.2, -0.15) is 0 Å². The molecule has 0 aliphatic carbocycles. The highest BCUT2D eigenvalue weighted by Crippen LogP contribution is 2.22. The van der Waals surface area contributed by atoms with E-state index in [0.29, 0.717) is 19.5 Å². The van der Waals surface area contributed by atoms with Crippen molar-refractivity contribution in [3.05, 3.63) is 18.2 Å². The number of aliphatic carboxylic acids is 1. The Balaban J connectivity index is 1.76. The molecule has 0 saturated carbocycles. The molecule has 1 aliphatic heterocycles. The number of hydrogen-bond acceptors (Lipinski definition) is 3. The average Bonchev–Trinajstić information content (AvgIpc) is 2.98. The lowest BCUT2D eigenvalue weighted by Gasteiger charge is -2.16. The molecule has 7 nitrogen and oxygen atoms in total. The minimum atomic E-state index is -0.835. The van der Waals surface area contributed by atoms with Crippen LogP contribution in [0.25, 0.3) is 0 Å². The van der Waals surface area contributed by atoms with Gasteiger partial charge in [-0.15, -0.1) is 0 Å². The van der Waals surface area contributed by atoms with Crippen LogP contribution in [0, 0.1) is 11.8 Å². The highest BCUT2D eigenvalue weighted by atomic mass is 16.4. The van der Waals surface area contributed by atoms with Crippen molar-refractivity contribution in [1.29, 1.82) is 0 Å². The van der Waals surface area contributed by atoms with E-state index in [1.54, 1.807) is 17.3 Å². The van der Waals surface area contributed by atoms with Crippen LogP contribution >= 0.6 is 0 Å². The first-order valence-electron chi connectivity index (χ1n) is 6.31. The molecule has 2 amide bonds. The molecule has 0 aromatic carbocycles. The summed E-state index contributed by atoms with van der Waals surface area (Å²) < 4.78 is 0. The summed E-state index contributed by atoms with van der Waals surface area (Å²) in [6, 6.07) is -0.206. The van der Waals surface area contributed by atoms with Gasteiger partial charge < -0.3 is 20.3 Å². The number of amides is 2. The third-order valence-corrected chi connectivity index (χ3v) is 3.41. The summed E-state index contributed by atoms with van der Waals surface area (Å²) in [5, 5.41) is 11.8. The van der Waals surface area contributed by atoms with Crippen LogP contribution < -0.4 is 5.32 Å². The van der Waals surface area contributed by atoms with E-state index in [2.05, 4.69) is 15.3 Å². The Kier molecular flexibility index (Phi) is 4.03. The van der Waals surface area contributed by atoms with E-state index in [4.69, 9.17) is 5.11 Å². The lowest BCUT2D eigenvalue weighted by atomic mass is 9.99. The molecule has 3 N–H and O–H groups in total. The third kappa shape index (κ3) is 3.24. The van der Waals surface area contributed by atoms with Crippen LogP contribution in [0.3, 0.4) is 0 Å². The topological polar surface area (TPSA) is 98.3 Å². The molecule has 1 aliphatic rings. The number of nitrogens with zero attached hydrogens (tertiary/aromatic N) is 2. The van der Waals surface area contributed by atoms with Crippen molar-refractivity contribution >= 4 is 12.0 Å². The molecule has 1 aromatic heterocycles. The Morgan fingerprint density at radius 1 is 1.58 bits per heavy atom. The van der Waals surface area contributed by atoms with E-state index in [1.807, 2.05) is 6.92 Å². The van der Waals surface area contributed by atoms with Crippen molar-refractivity contribution in [2.24, 2.45) is 11.8 Å². The molecule has 0 spiro atoms. The number of carboxylic acids is 1. The number of carbonyl (C=O) groups excluding carboxylic acids is 1. The number of likely N-dealkylation sites (tertiary alicyclic amines) is 1. The van der Waals surface area contributed by atoms with Gasteiger partial charge in [-0.3, -0.25) is 4.79 Å². The number of hydrogen-bond donors (Lipinski definition) is 3. The van der Waals surface area contributed by atoms with E-state index < -0.39 is 11.9 Å². The Morgan fingerprint density at radius 3 is 2.95 bits per heavy atom. The van der Waals surface area contributed by atoms with Crippen molar-refractivity contribution in [3.8, 4) is 0 Å². The molecule has 0 bridgehead atoms. The van der Waals surface area contributed by atoms with Crippen LogP contribution in [-0.4, -0.2) is 51.6 Å². The first-order valence-corrected chi connectivity index (χ1v) is 6.31. The Hall–Kier alpha value is -2.05.